The molecule has 1 aliphatic rings. The number of carbonyl (C=O) groups is 1. The number of hydrogen-bond donors (Lipinski definition) is 1. The van der Waals surface area contributed by atoms with E-state index in [0.29, 0.717) is 38.1 Å². The topological polar surface area (TPSA) is 59.9 Å². The van der Waals surface area contributed by atoms with E-state index >= 15 is 0 Å². The highest BCUT2D eigenvalue weighted by Gasteiger charge is 2.25. The molecule has 0 atom stereocenters. The van der Waals surface area contributed by atoms with Crippen molar-refractivity contribution in [2.45, 2.75) is 38.8 Å². The van der Waals surface area contributed by atoms with Crippen LogP contribution in [0.25, 0.3) is 0 Å². The summed E-state index contributed by atoms with van der Waals surface area (Å²) < 4.78 is 12.4. The number of aliphatic imine (C=N–C) groups is 1. The Morgan fingerprint density at radius 3 is 2.67 bits per heavy atom. The molecule has 0 bridgehead atoms. The minimum Gasteiger partial charge on any atom is -0.493 e. The van der Waals surface area contributed by atoms with Crippen molar-refractivity contribution in [3.63, 3.8) is 0 Å². The number of methoxy groups -OCH3 is 1. The first-order valence-electron chi connectivity index (χ1n) is 12.9. The van der Waals surface area contributed by atoms with E-state index in [4.69, 9.17) is 37.7 Å². The number of halogens is 3. The van der Waals surface area contributed by atoms with Crippen LogP contribution in [-0.4, -0.2) is 19.2 Å². The van der Waals surface area contributed by atoms with Crippen molar-refractivity contribution in [1.29, 1.82) is 0 Å². The predicted molar refractivity (Wildman–Crippen MR) is 167 cm³/mol. The highest BCUT2D eigenvalue weighted by molar-refractivity contribution is 9.10. The molecule has 1 aliphatic carbocycles. The van der Waals surface area contributed by atoms with Gasteiger partial charge in [-0.15, -0.1) is 11.3 Å². The summed E-state index contributed by atoms with van der Waals surface area (Å²) in [5, 5.41) is 4.92. The highest BCUT2D eigenvalue weighted by Crippen LogP contribution is 2.41. The predicted octanol–water partition coefficient (Wildman–Crippen LogP) is 8.96. The molecule has 1 heterocycles. The molecule has 40 heavy (non-hydrogen) atoms. The van der Waals surface area contributed by atoms with Gasteiger partial charge in [0.2, 0.25) is 0 Å². The van der Waals surface area contributed by atoms with Gasteiger partial charge < -0.3 is 14.8 Å². The number of hydrogen-bond acceptors (Lipinski definition) is 5. The molecule has 5 rings (SSSR count). The van der Waals surface area contributed by atoms with Crippen LogP contribution in [0.3, 0.4) is 0 Å². The molecule has 0 unspecified atom stereocenters. The molecule has 3 aromatic carbocycles. The van der Waals surface area contributed by atoms with Crippen molar-refractivity contribution in [3.05, 3.63) is 108 Å². The normalized spacial score (nSPS) is 12.8. The smallest absolute Gasteiger partial charge is 0.254 e. The van der Waals surface area contributed by atoms with Crippen LogP contribution in [0.15, 0.2) is 70.1 Å². The first-order chi connectivity index (χ1) is 19.4. The van der Waals surface area contributed by atoms with Crippen LogP contribution in [0.5, 0.6) is 11.5 Å². The Morgan fingerprint density at radius 1 is 1.10 bits per heavy atom. The van der Waals surface area contributed by atoms with E-state index in [1.807, 2.05) is 48.5 Å². The molecule has 206 valence electrons. The number of nitrogens with one attached hydrogen (secondary N) is 1. The Balaban J connectivity index is 1.37. The zero-order valence-electron chi connectivity index (χ0n) is 21.8. The fourth-order valence-corrected chi connectivity index (χ4v) is 6.89. The number of thiophene rings is 1. The van der Waals surface area contributed by atoms with Crippen molar-refractivity contribution < 1.29 is 14.3 Å². The van der Waals surface area contributed by atoms with Gasteiger partial charge in [-0.25, -0.2) is 4.99 Å². The summed E-state index contributed by atoms with van der Waals surface area (Å²) >= 11 is 17.5. The van der Waals surface area contributed by atoms with Gasteiger partial charge in [0.1, 0.15) is 11.6 Å². The maximum Gasteiger partial charge on any atom is 0.254 e. The van der Waals surface area contributed by atoms with Crippen LogP contribution < -0.4 is 14.8 Å². The molecule has 0 saturated carbocycles. The average Bonchev–Trinajstić information content (AvgIpc) is 3.34. The van der Waals surface area contributed by atoms with Gasteiger partial charge in [-0.3, -0.25) is 4.79 Å². The minimum atomic E-state index is -0.0845. The Labute approximate surface area is 256 Å². The number of nitrogens with zero attached hydrogens (tertiary/aromatic N) is 1. The van der Waals surface area contributed by atoms with Crippen molar-refractivity contribution in [3.8, 4) is 11.5 Å². The van der Waals surface area contributed by atoms with E-state index in [0.717, 1.165) is 52.9 Å². The number of benzene rings is 3. The van der Waals surface area contributed by atoms with E-state index in [2.05, 4.69) is 21.2 Å². The molecular weight excluding hydrogens is 631 g/mol. The number of aryl methyl sites for hydroxylation is 1. The van der Waals surface area contributed by atoms with Crippen molar-refractivity contribution in [2.75, 3.05) is 7.11 Å². The maximum absolute atomic E-state index is 13.4. The Kier molecular flexibility index (Phi) is 9.48. The number of carbonyl (C=O) groups excluding carboxylic acids is 1. The van der Waals surface area contributed by atoms with Crippen molar-refractivity contribution >= 4 is 67.6 Å². The Hall–Kier alpha value is -2.84. The molecule has 0 aliphatic heterocycles. The van der Waals surface area contributed by atoms with Gasteiger partial charge in [0.05, 0.1) is 17.1 Å². The van der Waals surface area contributed by atoms with Crippen LogP contribution in [-0.2, 0) is 26.0 Å². The first kappa shape index (κ1) is 28.7. The van der Waals surface area contributed by atoms with Gasteiger partial charge in [0.15, 0.2) is 11.5 Å². The van der Waals surface area contributed by atoms with Gasteiger partial charge in [-0.1, -0.05) is 59.6 Å². The summed E-state index contributed by atoms with van der Waals surface area (Å²) in [7, 11) is 1.59. The Bertz CT molecular complexity index is 1560. The van der Waals surface area contributed by atoms with Gasteiger partial charge in [-0.05, 0) is 82.6 Å². The standard InChI is InChI=1S/C31H27BrCl2N2O3S/c1-38-26-14-20(13-24(32)29(26)39-18-21-11-12-22(33)15-25(21)34)17-36-31-28(23-9-5-6-10-27(23)40-31)30(37)35-16-19-7-3-2-4-8-19/h2-4,7-8,11-15,17H,5-6,9-10,16,18H2,1H3,(H,35,37). The van der Waals surface area contributed by atoms with Gasteiger partial charge in [-0.2, -0.15) is 0 Å². The molecule has 5 nitrogen and oxygen atoms in total. The van der Waals surface area contributed by atoms with E-state index in [1.165, 1.54) is 4.88 Å². The molecule has 0 saturated heterocycles. The van der Waals surface area contributed by atoms with E-state index in [1.54, 1.807) is 36.8 Å². The second-order valence-electron chi connectivity index (χ2n) is 9.38. The lowest BCUT2D eigenvalue weighted by Crippen LogP contribution is -2.24. The summed E-state index contributed by atoms with van der Waals surface area (Å²) in [6.07, 6.45) is 5.86. The average molecular weight is 658 g/mol. The van der Waals surface area contributed by atoms with Crippen LogP contribution in [0, 0.1) is 0 Å². The minimum absolute atomic E-state index is 0.0845. The maximum atomic E-state index is 13.4. The monoisotopic (exact) mass is 656 g/mol. The summed E-state index contributed by atoms with van der Waals surface area (Å²) in [6, 6.07) is 19.0. The van der Waals surface area contributed by atoms with Crippen LogP contribution >= 0.6 is 50.5 Å². The molecule has 1 aromatic heterocycles. The lowest BCUT2D eigenvalue weighted by molar-refractivity contribution is 0.0951. The second-order valence-corrected chi connectivity index (χ2v) is 12.2. The van der Waals surface area contributed by atoms with Crippen molar-refractivity contribution in [2.24, 2.45) is 4.99 Å². The van der Waals surface area contributed by atoms with Gasteiger partial charge >= 0.3 is 0 Å². The first-order valence-corrected chi connectivity index (χ1v) is 15.2. The zero-order valence-corrected chi connectivity index (χ0v) is 25.7. The van der Waals surface area contributed by atoms with E-state index < -0.39 is 0 Å². The summed E-state index contributed by atoms with van der Waals surface area (Å²) in [5.74, 6) is 1.02. The number of ether oxygens (including phenoxy) is 2. The SMILES string of the molecule is COc1cc(C=Nc2sc3c(c2C(=O)NCc2ccccc2)CCCC3)cc(Br)c1OCc1ccc(Cl)cc1Cl. The molecular formula is C31H27BrCl2N2O3S. The third-order valence-electron chi connectivity index (χ3n) is 6.65. The van der Waals surface area contributed by atoms with E-state index in [9.17, 15) is 4.79 Å². The lowest BCUT2D eigenvalue weighted by atomic mass is 9.95. The Morgan fingerprint density at radius 2 is 1.90 bits per heavy atom. The molecule has 1 N–H and O–H groups in total. The third-order valence-corrected chi connectivity index (χ3v) is 9.02. The van der Waals surface area contributed by atoms with Crippen molar-refractivity contribution in [1.82, 2.24) is 5.32 Å². The fourth-order valence-electron chi connectivity index (χ4n) is 4.62. The largest absolute Gasteiger partial charge is 0.493 e. The zero-order chi connectivity index (χ0) is 28.1. The fraction of sp³-hybridized carbons (Fsp3) is 0.226. The number of amides is 1. The molecule has 4 aromatic rings. The highest BCUT2D eigenvalue weighted by atomic mass is 79.9. The molecule has 0 fully saturated rings. The second kappa shape index (κ2) is 13.2. The third kappa shape index (κ3) is 6.72. The molecule has 0 radical (unpaired) electrons. The lowest BCUT2D eigenvalue weighted by Gasteiger charge is -2.14. The summed E-state index contributed by atoms with van der Waals surface area (Å²) in [4.78, 5) is 19.4. The number of fused-ring (bicyclic) bond motifs is 1. The molecule has 1 amide bonds. The van der Waals surface area contributed by atoms with Gasteiger partial charge in [0, 0.05) is 33.2 Å². The number of rotatable bonds is 9. The van der Waals surface area contributed by atoms with Crippen LogP contribution in [0.4, 0.5) is 5.00 Å². The van der Waals surface area contributed by atoms with Gasteiger partial charge in [0.25, 0.3) is 5.91 Å². The molecule has 9 heteroatoms. The summed E-state index contributed by atoms with van der Waals surface area (Å²) in [6.45, 7) is 0.723. The summed E-state index contributed by atoms with van der Waals surface area (Å²) in [5.41, 5.74) is 4.51. The van der Waals surface area contributed by atoms with E-state index in [-0.39, 0.29) is 12.5 Å². The quantitative estimate of drug-likeness (QED) is 0.183. The molecule has 0 spiro atoms. The van der Waals surface area contributed by atoms with Crippen LogP contribution in [0.2, 0.25) is 10.0 Å². The van der Waals surface area contributed by atoms with Crippen LogP contribution in [0.1, 0.15) is 50.3 Å².